The Morgan fingerprint density at radius 3 is 2.36 bits per heavy atom. The summed E-state index contributed by atoms with van der Waals surface area (Å²) in [5, 5.41) is 11.0. The molecule has 1 aliphatic heterocycles. The fourth-order valence-corrected chi connectivity index (χ4v) is 4.15. The van der Waals surface area contributed by atoms with Crippen molar-refractivity contribution in [3.05, 3.63) is 18.5 Å². The molecule has 3 rings (SSSR count). The Morgan fingerprint density at radius 2 is 1.84 bits per heavy atom. The molecule has 1 aromatic rings. The number of hydrogen-bond acceptors (Lipinski definition) is 4. The van der Waals surface area contributed by atoms with Gasteiger partial charge in [0.15, 0.2) is 0 Å². The topological polar surface area (TPSA) is 62.2 Å². The lowest BCUT2D eigenvalue weighted by atomic mass is 9.86. The van der Waals surface area contributed by atoms with Gasteiger partial charge in [0, 0.05) is 24.5 Å². The fraction of sp³-hybridized carbons (Fsp3) is 0.765. The largest absolute Gasteiger partial charge is 0.352 e. The maximum Gasteiger partial charge on any atom is 0.248 e. The smallest absolute Gasteiger partial charge is 0.248 e. The molecule has 25 heavy (non-hydrogen) atoms. The van der Waals surface area contributed by atoms with Gasteiger partial charge in [-0.25, -0.2) is 0 Å². The van der Waals surface area contributed by atoms with E-state index in [1.165, 1.54) is 12.8 Å². The summed E-state index contributed by atoms with van der Waals surface area (Å²) in [6, 6.07) is 1.90. The number of carbonyl (C=O) groups excluding carboxylic acids is 1. The summed E-state index contributed by atoms with van der Waals surface area (Å²) in [7, 11) is 4.26. The molecule has 0 bridgehead atoms. The molecular weight excluding hydrogens is 361 g/mol. The summed E-state index contributed by atoms with van der Waals surface area (Å²) in [6.07, 6.45) is 10.1. The number of halogens is 2. The second kappa shape index (κ2) is 9.21. The molecule has 0 radical (unpaired) electrons. The highest BCUT2D eigenvalue weighted by molar-refractivity contribution is 5.85. The van der Waals surface area contributed by atoms with E-state index in [2.05, 4.69) is 34.7 Å². The van der Waals surface area contributed by atoms with Crippen molar-refractivity contribution >= 4 is 30.7 Å². The predicted molar refractivity (Wildman–Crippen MR) is 105 cm³/mol. The molecule has 2 aliphatic rings. The molecule has 2 fully saturated rings. The van der Waals surface area contributed by atoms with Crippen LogP contribution in [0.3, 0.4) is 0 Å². The molecular formula is C17H31Cl2N5O. The standard InChI is InChI=1S/C17H29N5O.2ClH/c1-21(2)16(6-3-4-7-16)14-19-15(23)17(8-11-18-12-9-17)22-13-5-10-20-22;;/h5,10,13,18H,3-4,6-9,11-12,14H2,1-2H3,(H,19,23);2*1H. The van der Waals surface area contributed by atoms with E-state index in [1.54, 1.807) is 6.20 Å². The molecule has 2 heterocycles. The Kier molecular flexibility index (Phi) is 8.19. The first-order valence-electron chi connectivity index (χ1n) is 8.76. The van der Waals surface area contributed by atoms with E-state index in [4.69, 9.17) is 0 Å². The molecule has 1 amide bonds. The number of nitrogens with zero attached hydrogens (tertiary/aromatic N) is 3. The molecule has 1 saturated heterocycles. The van der Waals surface area contributed by atoms with Gasteiger partial charge in [-0.15, -0.1) is 24.8 Å². The van der Waals surface area contributed by atoms with Gasteiger partial charge in [0.25, 0.3) is 0 Å². The monoisotopic (exact) mass is 391 g/mol. The van der Waals surface area contributed by atoms with E-state index in [0.29, 0.717) is 0 Å². The normalized spacial score (nSPS) is 21.2. The SMILES string of the molecule is CN(C)C1(CNC(=O)C2(n3cccn3)CCNCC2)CCCC1.Cl.Cl. The first-order valence-corrected chi connectivity index (χ1v) is 8.76. The van der Waals surface area contributed by atoms with E-state index in [1.807, 2.05) is 16.9 Å². The van der Waals surface area contributed by atoms with Crippen molar-refractivity contribution in [2.24, 2.45) is 0 Å². The van der Waals surface area contributed by atoms with Gasteiger partial charge < -0.3 is 15.5 Å². The Bertz CT molecular complexity index is 523. The van der Waals surface area contributed by atoms with Crippen LogP contribution in [0.15, 0.2) is 18.5 Å². The summed E-state index contributed by atoms with van der Waals surface area (Å²) in [5.74, 6) is 0.121. The highest BCUT2D eigenvalue weighted by Crippen LogP contribution is 2.34. The number of rotatable bonds is 5. The Labute approximate surface area is 162 Å². The highest BCUT2D eigenvalue weighted by atomic mass is 35.5. The van der Waals surface area contributed by atoms with Crippen molar-refractivity contribution in [2.75, 3.05) is 33.7 Å². The zero-order chi connectivity index (χ0) is 16.3. The number of likely N-dealkylation sites (N-methyl/N-ethyl adjacent to an activating group) is 1. The fourth-order valence-electron chi connectivity index (χ4n) is 4.15. The summed E-state index contributed by atoms with van der Waals surface area (Å²) >= 11 is 0. The van der Waals surface area contributed by atoms with E-state index in [0.717, 1.165) is 45.3 Å². The minimum absolute atomic E-state index is 0. The second-order valence-electron chi connectivity index (χ2n) is 7.24. The number of amides is 1. The van der Waals surface area contributed by atoms with Crippen molar-refractivity contribution in [3.8, 4) is 0 Å². The van der Waals surface area contributed by atoms with E-state index < -0.39 is 5.54 Å². The number of hydrogen-bond donors (Lipinski definition) is 2. The lowest BCUT2D eigenvalue weighted by Crippen LogP contribution is -2.58. The molecule has 2 N–H and O–H groups in total. The summed E-state index contributed by atoms with van der Waals surface area (Å²) in [4.78, 5) is 15.4. The van der Waals surface area contributed by atoms with Gasteiger partial charge in [0.2, 0.25) is 5.91 Å². The summed E-state index contributed by atoms with van der Waals surface area (Å²) < 4.78 is 1.86. The molecule has 6 nitrogen and oxygen atoms in total. The molecule has 0 atom stereocenters. The molecule has 0 spiro atoms. The molecule has 0 aromatic carbocycles. The van der Waals surface area contributed by atoms with Gasteiger partial charge >= 0.3 is 0 Å². The van der Waals surface area contributed by atoms with Crippen LogP contribution in [0.4, 0.5) is 0 Å². The van der Waals surface area contributed by atoms with Crippen molar-refractivity contribution in [1.82, 2.24) is 25.3 Å². The van der Waals surface area contributed by atoms with Crippen LogP contribution in [0.2, 0.25) is 0 Å². The number of carbonyl (C=O) groups is 1. The highest BCUT2D eigenvalue weighted by Gasteiger charge is 2.43. The van der Waals surface area contributed by atoms with Crippen molar-refractivity contribution in [1.29, 1.82) is 0 Å². The van der Waals surface area contributed by atoms with Gasteiger partial charge in [-0.05, 0) is 58.9 Å². The molecule has 1 aliphatic carbocycles. The zero-order valence-electron chi connectivity index (χ0n) is 15.2. The van der Waals surface area contributed by atoms with Gasteiger partial charge in [-0.2, -0.15) is 5.10 Å². The average molecular weight is 392 g/mol. The predicted octanol–water partition coefficient (Wildman–Crippen LogP) is 1.80. The van der Waals surface area contributed by atoms with Crippen LogP contribution >= 0.6 is 24.8 Å². The first-order chi connectivity index (χ1) is 11.1. The van der Waals surface area contributed by atoms with Crippen LogP contribution in [0.25, 0.3) is 0 Å². The number of aromatic nitrogens is 2. The Morgan fingerprint density at radius 1 is 1.20 bits per heavy atom. The minimum Gasteiger partial charge on any atom is -0.352 e. The van der Waals surface area contributed by atoms with E-state index in [-0.39, 0.29) is 36.3 Å². The number of nitrogens with one attached hydrogen (secondary N) is 2. The first kappa shape index (κ1) is 22.2. The maximum atomic E-state index is 13.1. The van der Waals surface area contributed by atoms with Crippen LogP contribution in [-0.2, 0) is 10.3 Å². The lowest BCUT2D eigenvalue weighted by molar-refractivity contribution is -0.132. The zero-order valence-corrected chi connectivity index (χ0v) is 16.8. The Hall–Kier alpha value is -0.820. The van der Waals surface area contributed by atoms with Crippen molar-refractivity contribution < 1.29 is 4.79 Å². The molecule has 144 valence electrons. The van der Waals surface area contributed by atoms with E-state index in [9.17, 15) is 4.79 Å². The van der Waals surface area contributed by atoms with Crippen LogP contribution < -0.4 is 10.6 Å². The average Bonchev–Trinajstić information content (AvgIpc) is 3.25. The molecule has 0 unspecified atom stereocenters. The van der Waals surface area contributed by atoms with Crippen LogP contribution in [0.1, 0.15) is 38.5 Å². The third-order valence-electron chi connectivity index (χ3n) is 5.86. The van der Waals surface area contributed by atoms with Gasteiger partial charge in [0.1, 0.15) is 5.54 Å². The number of piperidine rings is 1. The molecule has 1 aromatic heterocycles. The molecule has 1 saturated carbocycles. The maximum absolute atomic E-state index is 13.1. The van der Waals surface area contributed by atoms with Crippen LogP contribution in [0, 0.1) is 0 Å². The lowest BCUT2D eigenvalue weighted by Gasteiger charge is -2.40. The second-order valence-corrected chi connectivity index (χ2v) is 7.24. The third kappa shape index (κ3) is 4.30. The van der Waals surface area contributed by atoms with Gasteiger partial charge in [0.05, 0.1) is 0 Å². The van der Waals surface area contributed by atoms with Crippen molar-refractivity contribution in [2.45, 2.75) is 49.6 Å². The summed E-state index contributed by atoms with van der Waals surface area (Å²) in [5.41, 5.74) is -0.422. The quantitative estimate of drug-likeness (QED) is 0.802. The minimum atomic E-state index is -0.541. The third-order valence-corrected chi connectivity index (χ3v) is 5.86. The van der Waals surface area contributed by atoms with Crippen LogP contribution in [-0.4, -0.2) is 59.9 Å². The van der Waals surface area contributed by atoms with E-state index >= 15 is 0 Å². The Balaban J connectivity index is 0.00000156. The van der Waals surface area contributed by atoms with Crippen molar-refractivity contribution in [3.63, 3.8) is 0 Å². The van der Waals surface area contributed by atoms with Gasteiger partial charge in [-0.1, -0.05) is 12.8 Å². The summed E-state index contributed by atoms with van der Waals surface area (Å²) in [6.45, 7) is 2.44. The van der Waals surface area contributed by atoms with Crippen LogP contribution in [0.5, 0.6) is 0 Å². The van der Waals surface area contributed by atoms with Gasteiger partial charge in [-0.3, -0.25) is 9.48 Å². The molecule has 8 heteroatoms.